The Kier molecular flexibility index (Phi) is 4.49. The molecule has 14 heavy (non-hydrogen) atoms. The first-order chi connectivity index (χ1) is 6.79. The molecule has 0 aromatic carbocycles. The van der Waals surface area contributed by atoms with Gasteiger partial charge in [0, 0.05) is 18.4 Å². The number of ether oxygens (including phenoxy) is 1. The summed E-state index contributed by atoms with van der Waals surface area (Å²) in [6, 6.07) is 1.55. The van der Waals surface area contributed by atoms with Gasteiger partial charge in [-0.3, -0.25) is 4.98 Å². The van der Waals surface area contributed by atoms with Gasteiger partial charge in [-0.15, -0.1) is 0 Å². The topological polar surface area (TPSA) is 34.1 Å². The van der Waals surface area contributed by atoms with Gasteiger partial charge in [0.05, 0.1) is 18.8 Å². The summed E-state index contributed by atoms with van der Waals surface area (Å²) < 4.78 is 18.5. The van der Waals surface area contributed by atoms with Gasteiger partial charge in [-0.25, -0.2) is 4.39 Å². The Bertz CT molecular complexity index is 281. The van der Waals surface area contributed by atoms with Crippen LogP contribution in [0.15, 0.2) is 18.5 Å². The number of hydrogen-bond donors (Lipinski definition) is 1. The summed E-state index contributed by atoms with van der Waals surface area (Å²) in [5, 5.41) is 3.00. The van der Waals surface area contributed by atoms with Crippen LogP contribution in [0.25, 0.3) is 0 Å². The Hall–Kier alpha value is -1.00. The van der Waals surface area contributed by atoms with E-state index in [4.69, 9.17) is 4.74 Å². The number of nitrogens with zero attached hydrogens (tertiary/aromatic N) is 1. The van der Waals surface area contributed by atoms with Crippen molar-refractivity contribution in [1.82, 2.24) is 10.3 Å². The normalized spacial score (nSPS) is 12.8. The molecular formula is C10H15FN2O. The van der Waals surface area contributed by atoms with E-state index in [9.17, 15) is 4.39 Å². The van der Waals surface area contributed by atoms with E-state index >= 15 is 0 Å². The molecule has 1 aromatic rings. The van der Waals surface area contributed by atoms with E-state index in [2.05, 4.69) is 10.3 Å². The molecule has 1 rings (SSSR count). The highest BCUT2D eigenvalue weighted by Gasteiger charge is 2.13. The van der Waals surface area contributed by atoms with Crippen LogP contribution in [0.4, 0.5) is 4.39 Å². The molecule has 78 valence electrons. The zero-order valence-corrected chi connectivity index (χ0v) is 8.46. The van der Waals surface area contributed by atoms with Crippen LogP contribution in [-0.4, -0.2) is 25.2 Å². The second-order valence-corrected chi connectivity index (χ2v) is 2.90. The number of hydrogen-bond acceptors (Lipinski definition) is 3. The van der Waals surface area contributed by atoms with Crippen molar-refractivity contribution in [2.24, 2.45) is 0 Å². The fraction of sp³-hybridized carbons (Fsp3) is 0.500. The quantitative estimate of drug-likeness (QED) is 0.778. The van der Waals surface area contributed by atoms with Gasteiger partial charge in [0.25, 0.3) is 0 Å². The summed E-state index contributed by atoms with van der Waals surface area (Å²) >= 11 is 0. The maximum atomic E-state index is 13.3. The van der Waals surface area contributed by atoms with Crippen LogP contribution in [0.1, 0.15) is 18.5 Å². The molecule has 0 fully saturated rings. The molecule has 0 bridgehead atoms. The first-order valence-corrected chi connectivity index (χ1v) is 4.64. The van der Waals surface area contributed by atoms with Crippen molar-refractivity contribution in [3.63, 3.8) is 0 Å². The Balaban J connectivity index is 2.73. The molecule has 4 heteroatoms. The number of halogens is 1. The van der Waals surface area contributed by atoms with Gasteiger partial charge >= 0.3 is 0 Å². The van der Waals surface area contributed by atoms with E-state index in [-0.39, 0.29) is 11.9 Å². The van der Waals surface area contributed by atoms with Gasteiger partial charge in [0.1, 0.15) is 5.82 Å². The molecule has 0 saturated carbocycles. The minimum atomic E-state index is -0.299. The summed E-state index contributed by atoms with van der Waals surface area (Å²) in [5.74, 6) is -0.299. The Morgan fingerprint density at radius 3 is 3.00 bits per heavy atom. The Morgan fingerprint density at radius 2 is 2.43 bits per heavy atom. The zero-order chi connectivity index (χ0) is 10.4. The van der Waals surface area contributed by atoms with Gasteiger partial charge in [0.2, 0.25) is 0 Å². The smallest absolute Gasteiger partial charge is 0.146 e. The van der Waals surface area contributed by atoms with Crippen LogP contribution in [-0.2, 0) is 4.74 Å². The van der Waals surface area contributed by atoms with Crippen molar-refractivity contribution in [3.8, 4) is 0 Å². The number of likely N-dealkylation sites (N-methyl/N-ethyl adjacent to an activating group) is 1. The van der Waals surface area contributed by atoms with E-state index in [1.54, 1.807) is 19.3 Å². The van der Waals surface area contributed by atoms with Gasteiger partial charge in [-0.05, 0) is 20.0 Å². The maximum Gasteiger partial charge on any atom is 0.146 e. The number of rotatable bonds is 5. The molecule has 1 N–H and O–H groups in total. The molecule has 0 saturated heterocycles. The Labute approximate surface area is 83.3 Å². The molecule has 1 unspecified atom stereocenters. The molecule has 0 aliphatic carbocycles. The van der Waals surface area contributed by atoms with Crippen LogP contribution in [0.3, 0.4) is 0 Å². The van der Waals surface area contributed by atoms with Crippen LogP contribution in [0, 0.1) is 5.82 Å². The van der Waals surface area contributed by atoms with E-state index in [1.807, 2.05) is 6.92 Å². The molecule has 0 amide bonds. The summed E-state index contributed by atoms with van der Waals surface area (Å²) in [7, 11) is 1.78. The standard InChI is InChI=1S/C10H15FN2O/c1-3-14-7-10(12-2)8-4-5-13-6-9(8)11/h4-6,10,12H,3,7H2,1-2H3. The van der Waals surface area contributed by atoms with E-state index in [0.717, 1.165) is 0 Å². The van der Waals surface area contributed by atoms with Crippen molar-refractivity contribution in [2.75, 3.05) is 20.3 Å². The highest BCUT2D eigenvalue weighted by atomic mass is 19.1. The van der Waals surface area contributed by atoms with Crippen molar-refractivity contribution >= 4 is 0 Å². The Morgan fingerprint density at radius 1 is 1.64 bits per heavy atom. The van der Waals surface area contributed by atoms with Crippen molar-refractivity contribution in [1.29, 1.82) is 0 Å². The zero-order valence-electron chi connectivity index (χ0n) is 8.46. The van der Waals surface area contributed by atoms with Gasteiger partial charge in [-0.1, -0.05) is 0 Å². The molecule has 0 spiro atoms. The SMILES string of the molecule is CCOCC(NC)c1ccncc1F. The average molecular weight is 198 g/mol. The fourth-order valence-corrected chi connectivity index (χ4v) is 1.23. The third-order valence-corrected chi connectivity index (χ3v) is 2.02. The molecule has 1 heterocycles. The minimum absolute atomic E-state index is 0.113. The lowest BCUT2D eigenvalue weighted by molar-refractivity contribution is 0.124. The summed E-state index contributed by atoms with van der Waals surface area (Å²) in [6.45, 7) is 3.01. The average Bonchev–Trinajstić information content (AvgIpc) is 2.21. The highest BCUT2D eigenvalue weighted by Crippen LogP contribution is 2.15. The van der Waals surface area contributed by atoms with E-state index in [1.165, 1.54) is 6.20 Å². The van der Waals surface area contributed by atoms with Gasteiger partial charge in [0.15, 0.2) is 0 Å². The van der Waals surface area contributed by atoms with Gasteiger partial charge in [-0.2, -0.15) is 0 Å². The lowest BCUT2D eigenvalue weighted by Gasteiger charge is -2.16. The van der Waals surface area contributed by atoms with Crippen molar-refractivity contribution < 1.29 is 9.13 Å². The van der Waals surface area contributed by atoms with Crippen LogP contribution >= 0.6 is 0 Å². The number of aromatic nitrogens is 1. The predicted octanol–water partition coefficient (Wildman–Crippen LogP) is 1.52. The lowest BCUT2D eigenvalue weighted by Crippen LogP contribution is -2.23. The maximum absolute atomic E-state index is 13.3. The molecule has 1 atom stereocenters. The minimum Gasteiger partial charge on any atom is -0.380 e. The molecule has 3 nitrogen and oxygen atoms in total. The van der Waals surface area contributed by atoms with Crippen LogP contribution < -0.4 is 5.32 Å². The second-order valence-electron chi connectivity index (χ2n) is 2.90. The highest BCUT2D eigenvalue weighted by molar-refractivity contribution is 5.17. The van der Waals surface area contributed by atoms with Crippen molar-refractivity contribution in [3.05, 3.63) is 29.8 Å². The second kappa shape index (κ2) is 5.67. The monoisotopic (exact) mass is 198 g/mol. The summed E-state index contributed by atoms with van der Waals surface area (Å²) in [5.41, 5.74) is 0.593. The number of pyridine rings is 1. The van der Waals surface area contributed by atoms with Gasteiger partial charge < -0.3 is 10.1 Å². The fourth-order valence-electron chi connectivity index (χ4n) is 1.23. The third kappa shape index (κ3) is 2.75. The largest absolute Gasteiger partial charge is 0.380 e. The lowest BCUT2D eigenvalue weighted by atomic mass is 10.1. The molecule has 0 aliphatic rings. The number of nitrogens with one attached hydrogen (secondary N) is 1. The van der Waals surface area contributed by atoms with Crippen LogP contribution in [0.2, 0.25) is 0 Å². The molecule has 1 aromatic heterocycles. The third-order valence-electron chi connectivity index (χ3n) is 2.02. The molecule has 0 radical (unpaired) electrons. The van der Waals surface area contributed by atoms with Crippen LogP contribution in [0.5, 0.6) is 0 Å². The molecular weight excluding hydrogens is 183 g/mol. The first kappa shape index (κ1) is 11.1. The summed E-state index contributed by atoms with van der Waals surface area (Å²) in [4.78, 5) is 3.70. The van der Waals surface area contributed by atoms with E-state index < -0.39 is 0 Å². The summed E-state index contributed by atoms with van der Waals surface area (Å²) in [6.07, 6.45) is 2.79. The van der Waals surface area contributed by atoms with Crippen molar-refractivity contribution in [2.45, 2.75) is 13.0 Å². The predicted molar refractivity (Wildman–Crippen MR) is 52.5 cm³/mol. The molecule has 0 aliphatic heterocycles. The first-order valence-electron chi connectivity index (χ1n) is 4.64. The van der Waals surface area contributed by atoms with E-state index in [0.29, 0.717) is 18.8 Å².